The average molecular weight is 321 g/mol. The van der Waals surface area contributed by atoms with Crippen molar-refractivity contribution < 1.29 is 13.2 Å². The summed E-state index contributed by atoms with van der Waals surface area (Å²) < 4.78 is 33.1. The fraction of sp³-hybridized carbons (Fsp3) is 0.529. The highest BCUT2D eigenvalue weighted by molar-refractivity contribution is 7.89. The predicted molar refractivity (Wildman–Crippen MR) is 86.6 cm³/mol. The molecule has 2 atom stereocenters. The summed E-state index contributed by atoms with van der Waals surface area (Å²) in [5, 5.41) is 0. The Kier molecular flexibility index (Phi) is 4.03. The largest absolute Gasteiger partial charge is 0.495 e. The van der Waals surface area contributed by atoms with Crippen LogP contribution < -0.4 is 4.74 Å². The molecule has 0 radical (unpaired) electrons. The van der Waals surface area contributed by atoms with Crippen LogP contribution in [0.4, 0.5) is 0 Å². The van der Waals surface area contributed by atoms with E-state index in [0.29, 0.717) is 35.6 Å². The molecule has 2 unspecified atom stereocenters. The lowest BCUT2D eigenvalue weighted by Crippen LogP contribution is -2.29. The van der Waals surface area contributed by atoms with Crippen LogP contribution in [0.2, 0.25) is 0 Å². The van der Waals surface area contributed by atoms with E-state index in [1.807, 2.05) is 19.9 Å². The smallest absolute Gasteiger partial charge is 0.246 e. The van der Waals surface area contributed by atoms with Gasteiger partial charge in [-0.05, 0) is 61.8 Å². The SMILES string of the molecule is COc1cc(C)c(C)cc1S(=O)(=O)N1CC2CC=CCC2C1. The minimum Gasteiger partial charge on any atom is -0.495 e. The zero-order valence-corrected chi connectivity index (χ0v) is 14.2. The molecule has 120 valence electrons. The van der Waals surface area contributed by atoms with Crippen LogP contribution in [-0.4, -0.2) is 32.9 Å². The number of benzene rings is 1. The van der Waals surface area contributed by atoms with Gasteiger partial charge in [-0.25, -0.2) is 8.42 Å². The molecule has 0 N–H and O–H groups in total. The second-order valence-electron chi connectivity index (χ2n) is 6.37. The Labute approximate surface area is 132 Å². The van der Waals surface area contributed by atoms with Crippen molar-refractivity contribution in [3.8, 4) is 5.75 Å². The van der Waals surface area contributed by atoms with Gasteiger partial charge in [-0.15, -0.1) is 0 Å². The van der Waals surface area contributed by atoms with E-state index in [1.54, 1.807) is 10.4 Å². The lowest BCUT2D eigenvalue weighted by atomic mass is 9.86. The first-order valence-corrected chi connectivity index (χ1v) is 9.18. The van der Waals surface area contributed by atoms with Gasteiger partial charge in [-0.3, -0.25) is 0 Å². The number of hydrogen-bond donors (Lipinski definition) is 0. The van der Waals surface area contributed by atoms with Crippen LogP contribution >= 0.6 is 0 Å². The van der Waals surface area contributed by atoms with E-state index in [9.17, 15) is 8.42 Å². The molecule has 3 rings (SSSR count). The first-order valence-electron chi connectivity index (χ1n) is 7.74. The summed E-state index contributed by atoms with van der Waals surface area (Å²) in [6.45, 7) is 5.13. The highest BCUT2D eigenvalue weighted by Gasteiger charge is 2.40. The minimum atomic E-state index is -3.50. The summed E-state index contributed by atoms with van der Waals surface area (Å²) in [4.78, 5) is 0.296. The highest BCUT2D eigenvalue weighted by Crippen LogP contribution is 2.38. The van der Waals surface area contributed by atoms with Crippen molar-refractivity contribution in [1.29, 1.82) is 0 Å². The van der Waals surface area contributed by atoms with E-state index in [0.717, 1.165) is 24.0 Å². The molecule has 0 saturated carbocycles. The standard InChI is InChI=1S/C17H23NO3S/c1-12-8-16(21-3)17(9-13(12)2)22(19,20)18-10-14-6-4-5-7-15(14)11-18/h4-5,8-9,14-15H,6-7,10-11H2,1-3H3. The quantitative estimate of drug-likeness (QED) is 0.804. The maximum absolute atomic E-state index is 13.0. The Morgan fingerprint density at radius 2 is 1.59 bits per heavy atom. The zero-order valence-electron chi connectivity index (χ0n) is 13.4. The molecule has 2 aliphatic rings. The van der Waals surface area contributed by atoms with Crippen LogP contribution in [0.25, 0.3) is 0 Å². The van der Waals surface area contributed by atoms with Gasteiger partial charge in [-0.1, -0.05) is 12.2 Å². The maximum Gasteiger partial charge on any atom is 0.246 e. The summed E-state index contributed by atoms with van der Waals surface area (Å²) in [5.41, 5.74) is 2.01. The Morgan fingerprint density at radius 3 is 2.14 bits per heavy atom. The van der Waals surface area contributed by atoms with E-state index >= 15 is 0 Å². The number of methoxy groups -OCH3 is 1. The van der Waals surface area contributed by atoms with Crippen molar-refractivity contribution in [1.82, 2.24) is 4.31 Å². The highest BCUT2D eigenvalue weighted by atomic mass is 32.2. The minimum absolute atomic E-state index is 0.296. The molecule has 0 bridgehead atoms. The molecular formula is C17H23NO3S. The van der Waals surface area contributed by atoms with Crippen LogP contribution in [0.3, 0.4) is 0 Å². The van der Waals surface area contributed by atoms with Crippen LogP contribution in [0.1, 0.15) is 24.0 Å². The molecule has 0 aromatic heterocycles. The normalized spacial score (nSPS) is 25.2. The molecule has 1 aromatic carbocycles. The monoisotopic (exact) mass is 321 g/mol. The van der Waals surface area contributed by atoms with Gasteiger partial charge in [0.15, 0.2) is 0 Å². The second kappa shape index (κ2) is 5.70. The number of allylic oxidation sites excluding steroid dienone is 2. The van der Waals surface area contributed by atoms with E-state index < -0.39 is 10.0 Å². The first-order chi connectivity index (χ1) is 10.4. The van der Waals surface area contributed by atoms with E-state index in [1.165, 1.54) is 7.11 Å². The third kappa shape index (κ3) is 2.57. The Morgan fingerprint density at radius 1 is 1.05 bits per heavy atom. The van der Waals surface area contributed by atoms with Gasteiger partial charge in [0.1, 0.15) is 10.6 Å². The van der Waals surface area contributed by atoms with E-state index in [4.69, 9.17) is 4.74 Å². The van der Waals surface area contributed by atoms with E-state index in [2.05, 4.69) is 12.2 Å². The maximum atomic E-state index is 13.0. The molecule has 0 spiro atoms. The molecule has 5 heteroatoms. The van der Waals surface area contributed by atoms with Crippen molar-refractivity contribution in [3.63, 3.8) is 0 Å². The summed E-state index contributed by atoms with van der Waals surface area (Å²) in [6.07, 6.45) is 6.32. The zero-order chi connectivity index (χ0) is 15.9. The molecule has 1 aliphatic heterocycles. The van der Waals surface area contributed by atoms with Crippen LogP contribution in [0.5, 0.6) is 5.75 Å². The molecular weight excluding hydrogens is 298 g/mol. The van der Waals surface area contributed by atoms with Gasteiger partial charge in [0.25, 0.3) is 0 Å². The Bertz CT molecular complexity index is 693. The molecule has 1 aromatic rings. The van der Waals surface area contributed by atoms with Crippen molar-refractivity contribution in [2.24, 2.45) is 11.8 Å². The molecule has 1 aliphatic carbocycles. The van der Waals surface area contributed by atoms with Crippen LogP contribution in [0.15, 0.2) is 29.2 Å². The summed E-state index contributed by atoms with van der Waals surface area (Å²) in [7, 11) is -1.97. The molecule has 0 amide bonds. The number of hydrogen-bond acceptors (Lipinski definition) is 3. The topological polar surface area (TPSA) is 46.6 Å². The van der Waals surface area contributed by atoms with Gasteiger partial charge in [-0.2, -0.15) is 4.31 Å². The number of aryl methyl sites for hydroxylation is 2. The van der Waals surface area contributed by atoms with Gasteiger partial charge in [0.05, 0.1) is 7.11 Å². The van der Waals surface area contributed by atoms with Gasteiger partial charge in [0.2, 0.25) is 10.0 Å². The van der Waals surface area contributed by atoms with E-state index in [-0.39, 0.29) is 0 Å². The van der Waals surface area contributed by atoms with Gasteiger partial charge < -0.3 is 4.74 Å². The first kappa shape index (κ1) is 15.6. The molecule has 1 saturated heterocycles. The van der Waals surface area contributed by atoms with Crippen LogP contribution in [0, 0.1) is 25.7 Å². The molecule has 1 fully saturated rings. The van der Waals surface area contributed by atoms with Gasteiger partial charge in [0, 0.05) is 13.1 Å². The van der Waals surface area contributed by atoms with Crippen LogP contribution in [-0.2, 0) is 10.0 Å². The third-order valence-electron chi connectivity index (χ3n) is 4.99. The summed E-state index contributed by atoms with van der Waals surface area (Å²) in [6, 6.07) is 3.55. The summed E-state index contributed by atoms with van der Waals surface area (Å²) >= 11 is 0. The van der Waals surface area contributed by atoms with Crippen molar-refractivity contribution in [3.05, 3.63) is 35.4 Å². The van der Waals surface area contributed by atoms with Crippen molar-refractivity contribution >= 4 is 10.0 Å². The van der Waals surface area contributed by atoms with Gasteiger partial charge >= 0.3 is 0 Å². The molecule has 22 heavy (non-hydrogen) atoms. The number of ether oxygens (including phenoxy) is 1. The Balaban J connectivity index is 1.96. The lowest BCUT2D eigenvalue weighted by Gasteiger charge is -2.19. The molecule has 4 nitrogen and oxygen atoms in total. The van der Waals surface area contributed by atoms with Crippen molar-refractivity contribution in [2.45, 2.75) is 31.6 Å². The Hall–Kier alpha value is -1.33. The molecule has 1 heterocycles. The number of sulfonamides is 1. The number of nitrogens with zero attached hydrogens (tertiary/aromatic N) is 1. The average Bonchev–Trinajstić information content (AvgIpc) is 2.94. The number of fused-ring (bicyclic) bond motifs is 1. The second-order valence-corrected chi connectivity index (χ2v) is 8.28. The number of rotatable bonds is 3. The van der Waals surface area contributed by atoms with Crippen molar-refractivity contribution in [2.75, 3.05) is 20.2 Å². The summed E-state index contributed by atoms with van der Waals surface area (Å²) in [5.74, 6) is 1.35. The fourth-order valence-corrected chi connectivity index (χ4v) is 5.21. The fourth-order valence-electron chi connectivity index (χ4n) is 3.43. The third-order valence-corrected chi connectivity index (χ3v) is 6.84. The lowest BCUT2D eigenvalue weighted by molar-refractivity contribution is 0.396. The predicted octanol–water partition coefficient (Wildman–Crippen LogP) is 2.90.